The Morgan fingerprint density at radius 3 is 2.32 bits per heavy atom. The van der Waals surface area contributed by atoms with E-state index < -0.39 is 29.6 Å². The molecule has 25 heavy (non-hydrogen) atoms. The molecule has 138 valence electrons. The monoisotopic (exact) mass is 350 g/mol. The van der Waals surface area contributed by atoms with Gasteiger partial charge in [0.1, 0.15) is 18.2 Å². The van der Waals surface area contributed by atoms with Gasteiger partial charge in [0.15, 0.2) is 0 Å². The van der Waals surface area contributed by atoms with Crippen molar-refractivity contribution >= 4 is 18.0 Å². The van der Waals surface area contributed by atoms with Crippen molar-refractivity contribution in [1.82, 2.24) is 10.6 Å². The highest BCUT2D eigenvalue weighted by atomic mass is 16.6. The smallest absolute Gasteiger partial charge is 0.408 e. The fraction of sp³-hybridized carbons (Fsp3) is 0.500. The van der Waals surface area contributed by atoms with Crippen molar-refractivity contribution in [2.24, 2.45) is 0 Å². The number of rotatable bonds is 7. The second-order valence-electron chi connectivity index (χ2n) is 6.42. The molecule has 0 aromatic heterocycles. The Labute approximate surface area is 148 Å². The molecule has 0 radical (unpaired) electrons. The van der Waals surface area contributed by atoms with Gasteiger partial charge < -0.3 is 20.1 Å². The quantitative estimate of drug-likeness (QED) is 0.732. The summed E-state index contributed by atoms with van der Waals surface area (Å²) in [6.07, 6.45) is -0.393. The first kappa shape index (κ1) is 20.5. The summed E-state index contributed by atoms with van der Waals surface area (Å²) in [7, 11) is 0. The SMILES string of the molecule is CCOC(=O)[C@H](Cc1ccccc1)NC(=O)CNC(=O)OC(C)(C)C. The van der Waals surface area contributed by atoms with Crippen molar-refractivity contribution < 1.29 is 23.9 Å². The largest absolute Gasteiger partial charge is 0.464 e. The molecule has 0 heterocycles. The first-order valence-electron chi connectivity index (χ1n) is 8.18. The number of hydrogen-bond donors (Lipinski definition) is 2. The van der Waals surface area contributed by atoms with Crippen LogP contribution in [0.4, 0.5) is 4.79 Å². The van der Waals surface area contributed by atoms with E-state index in [1.165, 1.54) is 0 Å². The number of amides is 2. The molecule has 0 saturated carbocycles. The highest BCUT2D eigenvalue weighted by Gasteiger charge is 2.23. The van der Waals surface area contributed by atoms with E-state index in [0.29, 0.717) is 6.42 Å². The molecule has 0 fully saturated rings. The summed E-state index contributed by atoms with van der Waals surface area (Å²) < 4.78 is 10.1. The average molecular weight is 350 g/mol. The van der Waals surface area contributed by atoms with Crippen molar-refractivity contribution in [3.05, 3.63) is 35.9 Å². The predicted octanol–water partition coefficient (Wildman–Crippen LogP) is 1.80. The Balaban J connectivity index is 2.59. The first-order chi connectivity index (χ1) is 11.7. The summed E-state index contributed by atoms with van der Waals surface area (Å²) in [5.41, 5.74) is 0.238. The normalized spacial score (nSPS) is 12.0. The van der Waals surface area contributed by atoms with Crippen LogP contribution in [0.1, 0.15) is 33.3 Å². The molecule has 0 unspecified atom stereocenters. The molecule has 0 saturated heterocycles. The number of carbonyl (C=O) groups is 3. The lowest BCUT2D eigenvalue weighted by Gasteiger charge is -2.20. The highest BCUT2D eigenvalue weighted by molar-refractivity contribution is 5.87. The fourth-order valence-electron chi connectivity index (χ4n) is 2.00. The molecule has 0 aliphatic rings. The number of carbonyl (C=O) groups excluding carboxylic acids is 3. The molecule has 2 amide bonds. The van der Waals surface area contributed by atoms with Gasteiger partial charge in [0.05, 0.1) is 6.61 Å². The lowest BCUT2D eigenvalue weighted by Crippen LogP contribution is -2.47. The summed E-state index contributed by atoms with van der Waals surface area (Å²) in [6, 6.07) is 8.46. The van der Waals surface area contributed by atoms with Gasteiger partial charge in [-0.05, 0) is 33.3 Å². The Morgan fingerprint density at radius 2 is 1.76 bits per heavy atom. The van der Waals surface area contributed by atoms with Crippen LogP contribution in [0, 0.1) is 0 Å². The van der Waals surface area contributed by atoms with Gasteiger partial charge in [-0.2, -0.15) is 0 Å². The van der Waals surface area contributed by atoms with Gasteiger partial charge in [0.2, 0.25) is 5.91 Å². The first-order valence-corrected chi connectivity index (χ1v) is 8.18. The maximum absolute atomic E-state index is 12.1. The van der Waals surface area contributed by atoms with E-state index in [2.05, 4.69) is 10.6 Å². The van der Waals surface area contributed by atoms with E-state index in [0.717, 1.165) is 5.56 Å². The Hall–Kier alpha value is -2.57. The second-order valence-corrected chi connectivity index (χ2v) is 6.42. The van der Waals surface area contributed by atoms with Gasteiger partial charge in [-0.1, -0.05) is 30.3 Å². The zero-order valence-corrected chi connectivity index (χ0v) is 15.1. The standard InChI is InChI=1S/C18H26N2O5/c1-5-24-16(22)14(11-13-9-7-6-8-10-13)20-15(21)12-19-17(23)25-18(2,3)4/h6-10,14H,5,11-12H2,1-4H3,(H,19,23)(H,20,21)/t14-/m0/s1. The summed E-state index contributed by atoms with van der Waals surface area (Å²) in [4.78, 5) is 35.7. The zero-order chi connectivity index (χ0) is 18.9. The van der Waals surface area contributed by atoms with E-state index in [1.807, 2.05) is 30.3 Å². The van der Waals surface area contributed by atoms with E-state index in [1.54, 1.807) is 27.7 Å². The molecule has 1 aromatic rings. The average Bonchev–Trinajstić information content (AvgIpc) is 2.52. The van der Waals surface area contributed by atoms with Gasteiger partial charge in [-0.25, -0.2) is 9.59 Å². The van der Waals surface area contributed by atoms with E-state index >= 15 is 0 Å². The Kier molecular flexibility index (Phi) is 7.91. The van der Waals surface area contributed by atoms with Crippen LogP contribution in [0.25, 0.3) is 0 Å². The topological polar surface area (TPSA) is 93.7 Å². The summed E-state index contributed by atoms with van der Waals surface area (Å²) >= 11 is 0. The van der Waals surface area contributed by atoms with Gasteiger partial charge in [0.25, 0.3) is 0 Å². The lowest BCUT2D eigenvalue weighted by molar-refractivity contribution is -0.147. The fourth-order valence-corrected chi connectivity index (χ4v) is 2.00. The third kappa shape index (κ3) is 8.74. The number of hydrogen-bond acceptors (Lipinski definition) is 5. The third-order valence-electron chi connectivity index (χ3n) is 2.98. The number of alkyl carbamates (subject to hydrolysis) is 1. The summed E-state index contributed by atoms with van der Waals surface area (Å²) in [6.45, 7) is 6.80. The van der Waals surface area contributed by atoms with Crippen molar-refractivity contribution in [3.8, 4) is 0 Å². The van der Waals surface area contributed by atoms with Gasteiger partial charge in [-0.15, -0.1) is 0 Å². The maximum Gasteiger partial charge on any atom is 0.408 e. The van der Waals surface area contributed by atoms with Gasteiger partial charge >= 0.3 is 12.1 Å². The number of esters is 1. The van der Waals surface area contributed by atoms with Crippen molar-refractivity contribution in [1.29, 1.82) is 0 Å². The maximum atomic E-state index is 12.1. The van der Waals surface area contributed by atoms with Crippen LogP contribution in [-0.2, 0) is 25.5 Å². The summed E-state index contributed by atoms with van der Waals surface area (Å²) in [5.74, 6) is -1.02. The molecular formula is C18H26N2O5. The second kappa shape index (κ2) is 9.66. The van der Waals surface area contributed by atoms with E-state index in [-0.39, 0.29) is 13.2 Å². The van der Waals surface area contributed by atoms with Gasteiger partial charge in [-0.3, -0.25) is 4.79 Å². The Morgan fingerprint density at radius 1 is 1.12 bits per heavy atom. The van der Waals surface area contributed by atoms with E-state index in [4.69, 9.17) is 9.47 Å². The minimum absolute atomic E-state index is 0.218. The minimum Gasteiger partial charge on any atom is -0.464 e. The number of ether oxygens (including phenoxy) is 2. The van der Waals surface area contributed by atoms with E-state index in [9.17, 15) is 14.4 Å². The molecule has 0 aliphatic carbocycles. The molecule has 1 rings (SSSR count). The molecule has 2 N–H and O–H groups in total. The molecule has 0 spiro atoms. The molecule has 7 nitrogen and oxygen atoms in total. The zero-order valence-electron chi connectivity index (χ0n) is 15.1. The van der Waals surface area contributed by atoms with Crippen molar-refractivity contribution in [2.45, 2.75) is 45.8 Å². The minimum atomic E-state index is -0.824. The van der Waals surface area contributed by atoms with Crippen LogP contribution >= 0.6 is 0 Å². The highest BCUT2D eigenvalue weighted by Crippen LogP contribution is 2.07. The molecular weight excluding hydrogens is 324 g/mol. The molecule has 0 bridgehead atoms. The van der Waals surface area contributed by atoms with Crippen LogP contribution in [0.15, 0.2) is 30.3 Å². The molecule has 1 atom stereocenters. The molecule has 0 aliphatic heterocycles. The lowest BCUT2D eigenvalue weighted by atomic mass is 10.1. The van der Waals surface area contributed by atoms with Crippen LogP contribution in [0.2, 0.25) is 0 Å². The van der Waals surface area contributed by atoms with Crippen LogP contribution in [0.3, 0.4) is 0 Å². The summed E-state index contributed by atoms with van der Waals surface area (Å²) in [5, 5.41) is 4.94. The molecule has 1 aromatic carbocycles. The van der Waals surface area contributed by atoms with Crippen molar-refractivity contribution in [2.75, 3.05) is 13.2 Å². The van der Waals surface area contributed by atoms with Crippen molar-refractivity contribution in [3.63, 3.8) is 0 Å². The third-order valence-corrected chi connectivity index (χ3v) is 2.98. The van der Waals surface area contributed by atoms with Crippen LogP contribution in [-0.4, -0.2) is 42.8 Å². The Bertz CT molecular complexity index is 581. The predicted molar refractivity (Wildman–Crippen MR) is 92.9 cm³/mol. The number of benzene rings is 1. The molecule has 7 heteroatoms. The van der Waals surface area contributed by atoms with Gasteiger partial charge in [0, 0.05) is 6.42 Å². The van der Waals surface area contributed by atoms with Crippen LogP contribution < -0.4 is 10.6 Å². The van der Waals surface area contributed by atoms with Crippen LogP contribution in [0.5, 0.6) is 0 Å². The number of nitrogens with one attached hydrogen (secondary N) is 2.